The summed E-state index contributed by atoms with van der Waals surface area (Å²) in [6, 6.07) is 2.74. The van der Waals surface area contributed by atoms with Crippen molar-refractivity contribution in [2.24, 2.45) is 0 Å². The summed E-state index contributed by atoms with van der Waals surface area (Å²) in [5.74, 6) is -1.52. The van der Waals surface area contributed by atoms with Gasteiger partial charge in [0.15, 0.2) is 0 Å². The summed E-state index contributed by atoms with van der Waals surface area (Å²) in [6.07, 6.45) is -10.4. The molecule has 0 fully saturated rings. The molecule has 0 aromatic heterocycles. The van der Waals surface area contributed by atoms with Gasteiger partial charge in [-0.15, -0.1) is 10.1 Å². The zero-order chi connectivity index (χ0) is 24.9. The lowest BCUT2D eigenvalue weighted by Crippen LogP contribution is -2.41. The zero-order valence-corrected chi connectivity index (χ0v) is 18.3. The summed E-state index contributed by atoms with van der Waals surface area (Å²) >= 11 is 5.93. The van der Waals surface area contributed by atoms with Crippen LogP contribution in [0.15, 0.2) is 17.7 Å². The molecule has 0 saturated carbocycles. The molecule has 3 atom stereocenters. The molecule has 0 aliphatic carbocycles. The molecule has 33 heavy (non-hydrogen) atoms. The predicted molar refractivity (Wildman–Crippen MR) is 105 cm³/mol. The summed E-state index contributed by atoms with van der Waals surface area (Å²) < 4.78 is 59.7. The highest BCUT2D eigenvalue weighted by Crippen LogP contribution is 2.40. The standard InChI is InChI=1S/C19H19ClF3NO9/c1-9-6-13(20)7-12-8-14(16(19(21,22)23)32-15(9)12)17(25)30-11(3)31-18(26)29-5-4-10(2)33-24(27)28/h6-8,10-11,16H,4-5H2,1-3H3. The van der Waals surface area contributed by atoms with Gasteiger partial charge >= 0.3 is 18.3 Å². The van der Waals surface area contributed by atoms with Crippen molar-refractivity contribution in [3.63, 3.8) is 0 Å². The molecule has 14 heteroatoms. The normalized spacial score (nSPS) is 16.9. The van der Waals surface area contributed by atoms with Crippen LogP contribution >= 0.6 is 11.6 Å². The molecular weight excluding hydrogens is 479 g/mol. The second-order valence-electron chi connectivity index (χ2n) is 6.90. The van der Waals surface area contributed by atoms with E-state index in [0.717, 1.165) is 13.0 Å². The van der Waals surface area contributed by atoms with Crippen molar-refractivity contribution in [2.45, 2.75) is 51.9 Å². The van der Waals surface area contributed by atoms with E-state index in [0.29, 0.717) is 5.56 Å². The van der Waals surface area contributed by atoms with Crippen molar-refractivity contribution < 1.29 is 51.6 Å². The van der Waals surface area contributed by atoms with E-state index in [2.05, 4.69) is 14.3 Å². The number of nitrogens with zero attached hydrogens (tertiary/aromatic N) is 1. The minimum absolute atomic E-state index is 0.0386. The summed E-state index contributed by atoms with van der Waals surface area (Å²) in [5.41, 5.74) is -0.384. The lowest BCUT2D eigenvalue weighted by atomic mass is 9.99. The van der Waals surface area contributed by atoms with Crippen LogP contribution in [0.4, 0.5) is 18.0 Å². The van der Waals surface area contributed by atoms with Crippen molar-refractivity contribution in [3.8, 4) is 5.75 Å². The molecule has 0 saturated heterocycles. The highest BCUT2D eigenvalue weighted by molar-refractivity contribution is 6.30. The Morgan fingerprint density at radius 3 is 2.55 bits per heavy atom. The smallest absolute Gasteiger partial charge is 0.475 e. The van der Waals surface area contributed by atoms with Crippen LogP contribution in [-0.2, 0) is 23.8 Å². The van der Waals surface area contributed by atoms with Crippen LogP contribution in [0.3, 0.4) is 0 Å². The van der Waals surface area contributed by atoms with Crippen LogP contribution in [0.2, 0.25) is 5.02 Å². The predicted octanol–water partition coefficient (Wildman–Crippen LogP) is 4.38. The Balaban J connectivity index is 2.03. The van der Waals surface area contributed by atoms with E-state index in [1.54, 1.807) is 0 Å². The largest absolute Gasteiger partial charge is 0.511 e. The first kappa shape index (κ1) is 26.0. The van der Waals surface area contributed by atoms with Crippen molar-refractivity contribution in [2.75, 3.05) is 6.61 Å². The van der Waals surface area contributed by atoms with E-state index in [1.165, 1.54) is 26.0 Å². The Hall–Kier alpha value is -3.22. The molecule has 0 spiro atoms. The van der Waals surface area contributed by atoms with E-state index in [-0.39, 0.29) is 29.4 Å². The molecule has 0 N–H and O–H groups in total. The molecule has 1 heterocycles. The second-order valence-corrected chi connectivity index (χ2v) is 7.33. The zero-order valence-electron chi connectivity index (χ0n) is 17.5. The molecule has 2 rings (SSSR count). The van der Waals surface area contributed by atoms with Crippen LogP contribution in [0.5, 0.6) is 5.75 Å². The number of alkyl halides is 3. The lowest BCUT2D eigenvalue weighted by molar-refractivity contribution is -0.767. The van der Waals surface area contributed by atoms with Gasteiger partial charge in [0.2, 0.25) is 12.4 Å². The Kier molecular flexibility index (Phi) is 8.36. The lowest BCUT2D eigenvalue weighted by Gasteiger charge is -2.29. The van der Waals surface area contributed by atoms with E-state index in [4.69, 9.17) is 21.1 Å². The maximum absolute atomic E-state index is 13.5. The fourth-order valence-corrected chi connectivity index (χ4v) is 3.06. The first-order valence-electron chi connectivity index (χ1n) is 9.38. The first-order chi connectivity index (χ1) is 15.3. The SMILES string of the molecule is Cc1cc(Cl)cc2c1OC(C(F)(F)F)C(C(=O)OC(C)OC(=O)OCCC(C)O[N+](=O)[O-])=C2. The molecule has 1 aliphatic heterocycles. The van der Waals surface area contributed by atoms with Gasteiger partial charge in [-0.2, -0.15) is 13.2 Å². The van der Waals surface area contributed by atoms with Crippen LogP contribution < -0.4 is 4.74 Å². The summed E-state index contributed by atoms with van der Waals surface area (Å²) in [6.45, 7) is 3.63. The third-order valence-electron chi connectivity index (χ3n) is 4.18. The summed E-state index contributed by atoms with van der Waals surface area (Å²) in [5, 5.41) is 9.40. The molecule has 0 radical (unpaired) electrons. The fraction of sp³-hybridized carbons (Fsp3) is 0.474. The Labute approximate surface area is 190 Å². The van der Waals surface area contributed by atoms with E-state index in [1.807, 2.05) is 0 Å². The minimum atomic E-state index is -4.94. The number of esters is 1. The average molecular weight is 498 g/mol. The molecule has 1 aromatic carbocycles. The van der Waals surface area contributed by atoms with Gasteiger partial charge in [0, 0.05) is 23.9 Å². The highest BCUT2D eigenvalue weighted by Gasteiger charge is 2.49. The first-order valence-corrected chi connectivity index (χ1v) is 9.76. The number of aryl methyl sites for hydroxylation is 1. The summed E-state index contributed by atoms with van der Waals surface area (Å²) in [7, 11) is 0. The molecule has 3 unspecified atom stereocenters. The molecule has 182 valence electrons. The number of carbonyl (C=O) groups is 2. The number of halogens is 4. The van der Waals surface area contributed by atoms with Crippen LogP contribution in [0.25, 0.3) is 6.08 Å². The van der Waals surface area contributed by atoms with E-state index >= 15 is 0 Å². The number of hydrogen-bond acceptors (Lipinski definition) is 9. The molecular formula is C19H19ClF3NO9. The van der Waals surface area contributed by atoms with E-state index < -0.39 is 47.5 Å². The topological polar surface area (TPSA) is 123 Å². The molecule has 1 aliphatic rings. The molecule has 0 amide bonds. The van der Waals surface area contributed by atoms with Gasteiger partial charge in [-0.25, -0.2) is 9.59 Å². The van der Waals surface area contributed by atoms with Gasteiger partial charge in [0.05, 0.1) is 12.2 Å². The highest BCUT2D eigenvalue weighted by atomic mass is 35.5. The third-order valence-corrected chi connectivity index (χ3v) is 4.39. The number of carbonyl (C=O) groups excluding carboxylic acids is 2. The summed E-state index contributed by atoms with van der Waals surface area (Å²) in [4.78, 5) is 38.4. The second kappa shape index (κ2) is 10.6. The van der Waals surface area contributed by atoms with Gasteiger partial charge in [-0.05, 0) is 37.6 Å². The number of benzene rings is 1. The van der Waals surface area contributed by atoms with Crippen LogP contribution in [0.1, 0.15) is 31.4 Å². The van der Waals surface area contributed by atoms with Gasteiger partial charge in [-0.3, -0.25) is 0 Å². The van der Waals surface area contributed by atoms with Crippen molar-refractivity contribution in [1.82, 2.24) is 0 Å². The average Bonchev–Trinajstić information content (AvgIpc) is 2.65. The quantitative estimate of drug-likeness (QED) is 0.222. The van der Waals surface area contributed by atoms with Gasteiger partial charge in [-0.1, -0.05) is 11.6 Å². The maximum atomic E-state index is 13.5. The monoisotopic (exact) mass is 497 g/mol. The number of ether oxygens (including phenoxy) is 4. The molecule has 0 bridgehead atoms. The maximum Gasteiger partial charge on any atom is 0.511 e. The van der Waals surface area contributed by atoms with Gasteiger partial charge in [0.25, 0.3) is 5.09 Å². The number of rotatable bonds is 8. The Morgan fingerprint density at radius 1 is 1.27 bits per heavy atom. The van der Waals surface area contributed by atoms with Gasteiger partial charge in [0.1, 0.15) is 11.9 Å². The van der Waals surface area contributed by atoms with Crippen molar-refractivity contribution in [3.05, 3.63) is 44.0 Å². The van der Waals surface area contributed by atoms with Crippen molar-refractivity contribution >= 4 is 29.8 Å². The third kappa shape index (κ3) is 7.41. The Bertz CT molecular complexity index is 951. The molecule has 10 nitrogen and oxygen atoms in total. The van der Waals surface area contributed by atoms with Gasteiger partial charge < -0.3 is 23.8 Å². The number of hydrogen-bond donors (Lipinski definition) is 0. The van der Waals surface area contributed by atoms with Crippen LogP contribution in [-0.4, -0.2) is 48.5 Å². The number of fused-ring (bicyclic) bond motifs is 1. The Morgan fingerprint density at radius 2 is 1.94 bits per heavy atom. The fourth-order valence-electron chi connectivity index (χ4n) is 2.78. The van der Waals surface area contributed by atoms with Crippen molar-refractivity contribution in [1.29, 1.82) is 0 Å². The molecule has 1 aromatic rings. The van der Waals surface area contributed by atoms with Crippen LogP contribution in [0, 0.1) is 17.0 Å². The minimum Gasteiger partial charge on any atom is -0.475 e. The van der Waals surface area contributed by atoms with E-state index in [9.17, 15) is 32.9 Å².